The van der Waals surface area contributed by atoms with Gasteiger partial charge in [0.1, 0.15) is 5.75 Å². The quantitative estimate of drug-likeness (QED) is 0.597. The zero-order valence-corrected chi connectivity index (χ0v) is 18.6. The van der Waals surface area contributed by atoms with Crippen molar-refractivity contribution >= 4 is 37.3 Å². The van der Waals surface area contributed by atoms with Crippen molar-refractivity contribution in [1.82, 2.24) is 4.57 Å². The smallest absolute Gasteiger partial charge is 0.248 e. The minimum Gasteiger partial charge on any atom is -0.497 e. The molecule has 0 aliphatic rings. The summed E-state index contributed by atoms with van der Waals surface area (Å²) in [6.07, 6.45) is 0.310. The van der Waals surface area contributed by atoms with Gasteiger partial charge in [-0.1, -0.05) is 23.5 Å². The van der Waals surface area contributed by atoms with Crippen LogP contribution in [-0.2, 0) is 21.7 Å². The largest absolute Gasteiger partial charge is 0.497 e. The Morgan fingerprint density at radius 3 is 2.38 bits per heavy atom. The number of amides is 1. The van der Waals surface area contributed by atoms with E-state index >= 15 is 0 Å². The molecule has 1 heterocycles. The summed E-state index contributed by atoms with van der Waals surface area (Å²) in [7, 11) is -0.0258. The fraction of sp³-hybridized carbons (Fsp3) is 0.333. The van der Waals surface area contributed by atoms with Gasteiger partial charge in [0.2, 0.25) is 5.91 Å². The Hall–Kier alpha value is -2.45. The highest BCUT2D eigenvalue weighted by Crippen LogP contribution is 2.24. The normalized spacial score (nSPS) is 12.5. The maximum absolute atomic E-state index is 12.4. The number of sulfone groups is 1. The van der Waals surface area contributed by atoms with E-state index in [0.29, 0.717) is 10.6 Å². The number of carbonyl (C=O) groups is 1. The summed E-state index contributed by atoms with van der Waals surface area (Å²) in [4.78, 5) is 17.4. The molecule has 2 aromatic carbocycles. The molecule has 3 aromatic rings. The summed E-state index contributed by atoms with van der Waals surface area (Å²) < 4.78 is 32.9. The summed E-state index contributed by atoms with van der Waals surface area (Å²) in [6.45, 7) is 4.07. The number of fused-ring (bicyclic) bond motifs is 1. The molecule has 154 valence electrons. The van der Waals surface area contributed by atoms with Crippen LogP contribution < -0.4 is 9.54 Å². The topological polar surface area (TPSA) is 77.7 Å². The van der Waals surface area contributed by atoms with E-state index in [1.54, 1.807) is 12.1 Å². The summed E-state index contributed by atoms with van der Waals surface area (Å²) in [6, 6.07) is 10.4. The van der Waals surface area contributed by atoms with Crippen LogP contribution in [0.25, 0.3) is 10.2 Å². The van der Waals surface area contributed by atoms with Gasteiger partial charge >= 0.3 is 0 Å². The Morgan fingerprint density at radius 1 is 1.10 bits per heavy atom. The molecule has 0 aliphatic carbocycles. The molecule has 0 aliphatic heterocycles. The number of carbonyl (C=O) groups excluding carboxylic acids is 1. The van der Waals surface area contributed by atoms with Crippen LogP contribution in [0.5, 0.6) is 5.75 Å². The van der Waals surface area contributed by atoms with Gasteiger partial charge in [-0.15, -0.1) is 0 Å². The Labute approximate surface area is 174 Å². The lowest BCUT2D eigenvalue weighted by molar-refractivity contribution is -0.118. The number of hydrogen-bond donors (Lipinski definition) is 0. The van der Waals surface area contributed by atoms with E-state index in [1.807, 2.05) is 25.5 Å². The monoisotopic (exact) mass is 432 g/mol. The Balaban J connectivity index is 1.71. The van der Waals surface area contributed by atoms with Crippen LogP contribution in [0.1, 0.15) is 24.0 Å². The zero-order chi connectivity index (χ0) is 21.2. The number of methoxy groups -OCH3 is 1. The first kappa shape index (κ1) is 21.3. The Kier molecular flexibility index (Phi) is 6.24. The molecule has 0 spiro atoms. The van der Waals surface area contributed by atoms with Crippen LogP contribution in [0.3, 0.4) is 0 Å². The fourth-order valence-corrected chi connectivity index (χ4v) is 5.64. The second kappa shape index (κ2) is 8.51. The first-order valence-electron chi connectivity index (χ1n) is 9.23. The molecule has 0 bridgehead atoms. The van der Waals surface area contributed by atoms with Crippen LogP contribution in [0.15, 0.2) is 46.3 Å². The standard InChI is InChI=1S/C21H24N2O4S2/c1-14-7-8-15(2)20-19(14)23(3)21(28-20)22-18(24)6-5-13-29(25,26)17-11-9-16(27-4)10-12-17/h7-12H,5-6,13H2,1-4H3. The van der Waals surface area contributed by atoms with Crippen molar-refractivity contribution in [3.05, 3.63) is 52.3 Å². The van der Waals surface area contributed by atoms with E-state index in [0.717, 1.165) is 21.3 Å². The molecule has 8 heteroatoms. The van der Waals surface area contributed by atoms with Gasteiger partial charge in [-0.25, -0.2) is 8.42 Å². The highest BCUT2D eigenvalue weighted by Gasteiger charge is 2.15. The number of benzene rings is 2. The molecule has 0 N–H and O–H groups in total. The van der Waals surface area contributed by atoms with E-state index in [1.165, 1.54) is 30.6 Å². The number of nitrogens with zero attached hydrogens (tertiary/aromatic N) is 2. The average molecular weight is 433 g/mol. The van der Waals surface area contributed by atoms with Crippen LogP contribution in [-0.4, -0.2) is 31.8 Å². The van der Waals surface area contributed by atoms with Gasteiger partial charge in [0.25, 0.3) is 0 Å². The molecule has 0 saturated heterocycles. The molecule has 0 saturated carbocycles. The Morgan fingerprint density at radius 2 is 1.76 bits per heavy atom. The third-order valence-electron chi connectivity index (χ3n) is 4.79. The van der Waals surface area contributed by atoms with E-state index in [9.17, 15) is 13.2 Å². The molecule has 0 radical (unpaired) electrons. The summed E-state index contributed by atoms with van der Waals surface area (Å²) in [5.41, 5.74) is 3.35. The van der Waals surface area contributed by atoms with Gasteiger partial charge in [-0.3, -0.25) is 4.79 Å². The van der Waals surface area contributed by atoms with Gasteiger partial charge in [0, 0.05) is 13.5 Å². The molecule has 0 fully saturated rings. The van der Waals surface area contributed by atoms with Gasteiger partial charge in [-0.05, 0) is 55.7 Å². The van der Waals surface area contributed by atoms with Crippen molar-refractivity contribution < 1.29 is 17.9 Å². The molecule has 1 aromatic heterocycles. The number of rotatable bonds is 6. The molecule has 1 amide bonds. The van der Waals surface area contributed by atoms with E-state index < -0.39 is 9.84 Å². The van der Waals surface area contributed by atoms with Crippen LogP contribution in [0, 0.1) is 13.8 Å². The van der Waals surface area contributed by atoms with Crippen LogP contribution in [0.2, 0.25) is 0 Å². The number of thiazole rings is 1. The van der Waals surface area contributed by atoms with Crippen molar-refractivity contribution in [2.75, 3.05) is 12.9 Å². The van der Waals surface area contributed by atoms with Gasteiger partial charge < -0.3 is 9.30 Å². The molecule has 0 unspecified atom stereocenters. The number of aromatic nitrogens is 1. The lowest BCUT2D eigenvalue weighted by atomic mass is 10.1. The molecule has 29 heavy (non-hydrogen) atoms. The first-order chi connectivity index (χ1) is 13.7. The molecular formula is C21H24N2O4S2. The first-order valence-corrected chi connectivity index (χ1v) is 11.7. The van der Waals surface area contributed by atoms with Crippen molar-refractivity contribution in [3.63, 3.8) is 0 Å². The summed E-state index contributed by atoms with van der Waals surface area (Å²) in [5, 5.41) is 0. The minimum atomic E-state index is -3.45. The number of hydrogen-bond acceptors (Lipinski definition) is 5. The SMILES string of the molecule is COc1ccc(S(=O)(=O)CCCC(=O)N=c2sc3c(C)ccc(C)c3n2C)cc1. The summed E-state index contributed by atoms with van der Waals surface area (Å²) >= 11 is 1.48. The second-order valence-electron chi connectivity index (χ2n) is 6.92. The van der Waals surface area contributed by atoms with Gasteiger partial charge in [-0.2, -0.15) is 4.99 Å². The molecular weight excluding hydrogens is 408 g/mol. The van der Waals surface area contributed by atoms with E-state index in [-0.39, 0.29) is 29.4 Å². The van der Waals surface area contributed by atoms with Crippen LogP contribution >= 0.6 is 11.3 Å². The molecule has 6 nitrogen and oxygen atoms in total. The lowest BCUT2D eigenvalue weighted by Gasteiger charge is -2.05. The maximum atomic E-state index is 12.4. The highest BCUT2D eigenvalue weighted by molar-refractivity contribution is 7.91. The predicted molar refractivity (Wildman–Crippen MR) is 115 cm³/mol. The maximum Gasteiger partial charge on any atom is 0.248 e. The van der Waals surface area contributed by atoms with Crippen molar-refractivity contribution in [1.29, 1.82) is 0 Å². The van der Waals surface area contributed by atoms with Gasteiger partial charge in [0.15, 0.2) is 14.6 Å². The van der Waals surface area contributed by atoms with Crippen molar-refractivity contribution in [2.45, 2.75) is 31.6 Å². The Bertz CT molecular complexity index is 1220. The second-order valence-corrected chi connectivity index (χ2v) is 10.0. The minimum absolute atomic E-state index is 0.0849. The van der Waals surface area contributed by atoms with Gasteiger partial charge in [0.05, 0.1) is 28.0 Å². The molecule has 3 rings (SSSR count). The average Bonchev–Trinajstić information content (AvgIpc) is 3.02. The van der Waals surface area contributed by atoms with Crippen molar-refractivity contribution in [2.24, 2.45) is 12.0 Å². The zero-order valence-electron chi connectivity index (χ0n) is 16.9. The number of aryl methyl sites for hydroxylation is 3. The highest BCUT2D eigenvalue weighted by atomic mass is 32.2. The van der Waals surface area contributed by atoms with Crippen molar-refractivity contribution in [3.8, 4) is 5.75 Å². The van der Waals surface area contributed by atoms with E-state index in [4.69, 9.17) is 4.74 Å². The number of ether oxygens (including phenoxy) is 1. The predicted octanol–water partition coefficient (Wildman–Crippen LogP) is 3.55. The fourth-order valence-electron chi connectivity index (χ4n) is 3.15. The van der Waals surface area contributed by atoms with Crippen LogP contribution in [0.4, 0.5) is 0 Å². The third-order valence-corrected chi connectivity index (χ3v) is 7.87. The van der Waals surface area contributed by atoms with E-state index in [2.05, 4.69) is 17.1 Å². The lowest BCUT2D eigenvalue weighted by Crippen LogP contribution is -2.14. The molecule has 0 atom stereocenters. The third kappa shape index (κ3) is 4.59. The summed E-state index contributed by atoms with van der Waals surface area (Å²) in [5.74, 6) is 0.184.